The summed E-state index contributed by atoms with van der Waals surface area (Å²) in [7, 11) is -2.02. The average molecular weight is 272 g/mol. The van der Waals surface area contributed by atoms with Gasteiger partial charge in [0.25, 0.3) is 0 Å². The fourth-order valence-electron chi connectivity index (χ4n) is 1.55. The summed E-state index contributed by atoms with van der Waals surface area (Å²) in [5, 5.41) is 9.44. The Bertz CT molecular complexity index is 500. The van der Waals surface area contributed by atoms with E-state index in [0.29, 0.717) is 12.2 Å². The normalized spacial score (nSPS) is 12.1. The van der Waals surface area contributed by atoms with Crippen LogP contribution in [0.1, 0.15) is 20.8 Å². The Morgan fingerprint density at radius 1 is 1.33 bits per heavy atom. The highest BCUT2D eigenvalue weighted by Crippen LogP contribution is 2.24. The predicted octanol–water partition coefficient (Wildman–Crippen LogP) is 1.80. The molecule has 0 aliphatic heterocycles. The molecule has 0 heterocycles. The number of benzene rings is 1. The zero-order valence-corrected chi connectivity index (χ0v) is 12.0. The van der Waals surface area contributed by atoms with Crippen molar-refractivity contribution < 1.29 is 13.5 Å². The fraction of sp³-hybridized carbons (Fsp3) is 0.500. The minimum atomic E-state index is -3.56. The summed E-state index contributed by atoms with van der Waals surface area (Å²) in [5.74, 6) is 0.0494. The molecule has 0 aromatic heterocycles. The Kier molecular flexibility index (Phi) is 4.59. The maximum Gasteiger partial charge on any atom is 0.304 e. The van der Waals surface area contributed by atoms with Crippen LogP contribution in [-0.2, 0) is 10.2 Å². The lowest BCUT2D eigenvalue weighted by Gasteiger charge is -2.30. The number of aromatic hydroxyl groups is 1. The summed E-state index contributed by atoms with van der Waals surface area (Å²) in [6.45, 7) is 5.69. The molecular formula is C12H20N2O3S. The van der Waals surface area contributed by atoms with Crippen molar-refractivity contribution in [3.63, 3.8) is 0 Å². The van der Waals surface area contributed by atoms with Crippen molar-refractivity contribution in [1.82, 2.24) is 4.31 Å². The first-order chi connectivity index (χ1) is 8.30. The lowest BCUT2D eigenvalue weighted by Crippen LogP contribution is -2.44. The maximum atomic E-state index is 12.4. The fourth-order valence-corrected chi connectivity index (χ4v) is 3.10. The third-order valence-electron chi connectivity index (χ3n) is 2.77. The molecule has 5 nitrogen and oxygen atoms in total. The molecule has 0 bridgehead atoms. The van der Waals surface area contributed by atoms with Gasteiger partial charge in [-0.1, -0.05) is 6.07 Å². The average Bonchev–Trinajstić information content (AvgIpc) is 2.28. The van der Waals surface area contributed by atoms with E-state index in [1.54, 1.807) is 26.1 Å². The molecule has 1 N–H and O–H groups in total. The van der Waals surface area contributed by atoms with E-state index in [1.807, 2.05) is 13.8 Å². The van der Waals surface area contributed by atoms with Gasteiger partial charge in [-0.25, -0.2) is 0 Å². The van der Waals surface area contributed by atoms with E-state index in [9.17, 15) is 13.5 Å². The topological polar surface area (TPSA) is 60.9 Å². The van der Waals surface area contributed by atoms with Crippen molar-refractivity contribution in [2.24, 2.45) is 0 Å². The van der Waals surface area contributed by atoms with Crippen LogP contribution < -0.4 is 4.31 Å². The van der Waals surface area contributed by atoms with Gasteiger partial charge in [0.15, 0.2) is 0 Å². The van der Waals surface area contributed by atoms with Crippen LogP contribution >= 0.6 is 0 Å². The van der Waals surface area contributed by atoms with Crippen LogP contribution in [0.25, 0.3) is 0 Å². The molecule has 6 heteroatoms. The smallest absolute Gasteiger partial charge is 0.304 e. The van der Waals surface area contributed by atoms with Crippen LogP contribution in [0, 0.1) is 0 Å². The monoisotopic (exact) mass is 272 g/mol. The van der Waals surface area contributed by atoms with Crippen LogP contribution in [0.5, 0.6) is 5.75 Å². The van der Waals surface area contributed by atoms with Crippen molar-refractivity contribution in [2.45, 2.75) is 26.8 Å². The van der Waals surface area contributed by atoms with Gasteiger partial charge in [-0.2, -0.15) is 12.7 Å². The maximum absolute atomic E-state index is 12.4. The third-order valence-corrected chi connectivity index (χ3v) is 4.95. The Hall–Kier alpha value is -1.27. The zero-order valence-electron chi connectivity index (χ0n) is 11.2. The van der Waals surface area contributed by atoms with Crippen molar-refractivity contribution in [3.8, 4) is 5.75 Å². The quantitative estimate of drug-likeness (QED) is 0.889. The standard InChI is InChI=1S/C12H20N2O3S/c1-5-14(11-7-6-8-12(15)9-11)18(16,17)13(4)10(2)3/h6-10,15H,5H2,1-4H3. The van der Waals surface area contributed by atoms with E-state index in [2.05, 4.69) is 0 Å². The van der Waals surface area contributed by atoms with Crippen LogP contribution in [0.3, 0.4) is 0 Å². The number of hydrogen-bond donors (Lipinski definition) is 1. The Balaban J connectivity index is 3.18. The van der Waals surface area contributed by atoms with Crippen molar-refractivity contribution in [2.75, 3.05) is 17.9 Å². The molecule has 0 saturated heterocycles. The molecule has 0 atom stereocenters. The summed E-state index contributed by atoms with van der Waals surface area (Å²) in [4.78, 5) is 0. The molecule has 0 aliphatic rings. The predicted molar refractivity (Wildman–Crippen MR) is 72.9 cm³/mol. The number of nitrogens with zero attached hydrogens (tertiary/aromatic N) is 2. The summed E-state index contributed by atoms with van der Waals surface area (Å²) >= 11 is 0. The Labute approximate surface area is 109 Å². The van der Waals surface area contributed by atoms with Gasteiger partial charge >= 0.3 is 10.2 Å². The van der Waals surface area contributed by atoms with E-state index in [1.165, 1.54) is 20.7 Å². The Morgan fingerprint density at radius 2 is 1.94 bits per heavy atom. The number of phenolic OH excluding ortho intramolecular Hbond substituents is 1. The molecule has 102 valence electrons. The van der Waals surface area contributed by atoms with Gasteiger partial charge in [-0.15, -0.1) is 0 Å². The first-order valence-corrected chi connectivity index (χ1v) is 7.25. The SMILES string of the molecule is CCN(c1cccc(O)c1)S(=O)(=O)N(C)C(C)C. The minimum absolute atomic E-state index is 0.0494. The number of phenols is 1. The van der Waals surface area contributed by atoms with E-state index in [-0.39, 0.29) is 11.8 Å². The molecule has 1 aromatic rings. The van der Waals surface area contributed by atoms with Gasteiger partial charge in [0.05, 0.1) is 5.69 Å². The van der Waals surface area contributed by atoms with Crippen LogP contribution in [0.2, 0.25) is 0 Å². The molecular weight excluding hydrogens is 252 g/mol. The van der Waals surface area contributed by atoms with Gasteiger partial charge in [0.1, 0.15) is 5.75 Å². The molecule has 0 aliphatic carbocycles. The molecule has 0 unspecified atom stereocenters. The van der Waals surface area contributed by atoms with E-state index in [0.717, 1.165) is 0 Å². The Morgan fingerprint density at radius 3 is 2.39 bits per heavy atom. The van der Waals surface area contributed by atoms with Gasteiger partial charge < -0.3 is 5.11 Å². The van der Waals surface area contributed by atoms with Crippen molar-refractivity contribution in [3.05, 3.63) is 24.3 Å². The largest absolute Gasteiger partial charge is 0.508 e. The number of hydrogen-bond acceptors (Lipinski definition) is 3. The van der Waals surface area contributed by atoms with Crippen LogP contribution in [0.4, 0.5) is 5.69 Å². The molecule has 1 rings (SSSR count). The number of anilines is 1. The second-order valence-corrected chi connectivity index (χ2v) is 6.21. The lowest BCUT2D eigenvalue weighted by atomic mass is 10.3. The highest BCUT2D eigenvalue weighted by Gasteiger charge is 2.27. The highest BCUT2D eigenvalue weighted by molar-refractivity contribution is 7.90. The molecule has 0 saturated carbocycles. The second-order valence-electron chi connectivity index (χ2n) is 4.30. The molecule has 18 heavy (non-hydrogen) atoms. The summed E-state index contributed by atoms with van der Waals surface area (Å²) in [6, 6.07) is 6.11. The van der Waals surface area contributed by atoms with E-state index in [4.69, 9.17) is 0 Å². The second kappa shape index (κ2) is 5.58. The zero-order chi connectivity index (χ0) is 13.9. The lowest BCUT2D eigenvalue weighted by molar-refractivity contribution is 0.408. The minimum Gasteiger partial charge on any atom is -0.508 e. The summed E-state index contributed by atoms with van der Waals surface area (Å²) < 4.78 is 27.3. The van der Waals surface area contributed by atoms with Crippen LogP contribution in [0.15, 0.2) is 24.3 Å². The van der Waals surface area contributed by atoms with E-state index < -0.39 is 10.2 Å². The first kappa shape index (κ1) is 14.8. The van der Waals surface area contributed by atoms with Crippen LogP contribution in [-0.4, -0.2) is 37.5 Å². The number of rotatable bonds is 5. The summed E-state index contributed by atoms with van der Waals surface area (Å²) in [5.41, 5.74) is 0.463. The van der Waals surface area contributed by atoms with Gasteiger partial charge in [0.2, 0.25) is 0 Å². The van der Waals surface area contributed by atoms with Gasteiger partial charge in [0, 0.05) is 25.7 Å². The third kappa shape index (κ3) is 2.94. The van der Waals surface area contributed by atoms with Gasteiger partial charge in [-0.05, 0) is 32.9 Å². The van der Waals surface area contributed by atoms with Crippen molar-refractivity contribution >= 4 is 15.9 Å². The first-order valence-electron chi connectivity index (χ1n) is 5.85. The molecule has 0 radical (unpaired) electrons. The van der Waals surface area contributed by atoms with Gasteiger partial charge in [-0.3, -0.25) is 4.31 Å². The highest BCUT2D eigenvalue weighted by atomic mass is 32.2. The van der Waals surface area contributed by atoms with Crippen molar-refractivity contribution in [1.29, 1.82) is 0 Å². The molecule has 1 aromatic carbocycles. The molecule has 0 fully saturated rings. The molecule has 0 spiro atoms. The molecule has 0 amide bonds. The van der Waals surface area contributed by atoms with E-state index >= 15 is 0 Å². The summed E-state index contributed by atoms with van der Waals surface area (Å²) in [6.07, 6.45) is 0.